The van der Waals surface area contributed by atoms with E-state index in [0.29, 0.717) is 0 Å². The van der Waals surface area contributed by atoms with Crippen LogP contribution in [-0.2, 0) is 4.74 Å². The Morgan fingerprint density at radius 2 is 2.12 bits per heavy atom. The summed E-state index contributed by atoms with van der Waals surface area (Å²) in [6.07, 6.45) is -1.05. The summed E-state index contributed by atoms with van der Waals surface area (Å²) in [5.41, 5.74) is -3.20. The second kappa shape index (κ2) is 4.36. The molecule has 3 nitrogen and oxygen atoms in total. The molecule has 0 aromatic carbocycles. The molecule has 0 fully saturated rings. The number of carbonyl (C=O) groups excluding carboxylic acids is 1. The summed E-state index contributed by atoms with van der Waals surface area (Å²) >= 11 is 0. The number of alkyl halides is 1. The Balaban J connectivity index is 2.81. The molecule has 1 amide bonds. The average molecular weight is 243 g/mol. The second-order valence-corrected chi connectivity index (χ2v) is 4.99. The Kier molecular flexibility index (Phi) is 3.46. The minimum atomic E-state index is -2.01. The molecule has 0 aromatic heterocycles. The fourth-order valence-corrected chi connectivity index (χ4v) is 1.26. The molecule has 1 aliphatic rings. The quantitative estimate of drug-likeness (QED) is 0.719. The van der Waals surface area contributed by atoms with Gasteiger partial charge in [0, 0.05) is 6.42 Å². The van der Waals surface area contributed by atoms with Crippen LogP contribution >= 0.6 is 0 Å². The van der Waals surface area contributed by atoms with Gasteiger partial charge in [0.1, 0.15) is 11.3 Å². The van der Waals surface area contributed by atoms with E-state index in [-0.39, 0.29) is 6.42 Å². The molecule has 5 heteroatoms. The lowest BCUT2D eigenvalue weighted by Crippen LogP contribution is -2.39. The molecule has 0 aliphatic heterocycles. The van der Waals surface area contributed by atoms with Gasteiger partial charge >= 0.3 is 6.09 Å². The van der Waals surface area contributed by atoms with Crippen molar-refractivity contribution in [1.29, 1.82) is 0 Å². The third-order valence-electron chi connectivity index (χ3n) is 1.99. The van der Waals surface area contributed by atoms with Crippen LogP contribution in [0.3, 0.4) is 0 Å². The van der Waals surface area contributed by atoms with E-state index in [2.05, 4.69) is 17.2 Å². The van der Waals surface area contributed by atoms with E-state index in [0.717, 1.165) is 6.92 Å². The Morgan fingerprint density at radius 1 is 1.53 bits per heavy atom. The van der Waals surface area contributed by atoms with Gasteiger partial charge in [-0.3, -0.25) is 5.32 Å². The highest BCUT2D eigenvalue weighted by Gasteiger charge is 2.35. The molecule has 0 saturated heterocycles. The molecule has 17 heavy (non-hydrogen) atoms. The Labute approximate surface area is 99.2 Å². The third kappa shape index (κ3) is 3.74. The highest BCUT2D eigenvalue weighted by atomic mass is 19.1. The molecule has 0 radical (unpaired) electrons. The number of nitrogens with one attached hydrogen (secondary N) is 1. The monoisotopic (exact) mass is 243 g/mol. The van der Waals surface area contributed by atoms with Crippen LogP contribution in [-0.4, -0.2) is 17.4 Å². The molecule has 0 aromatic rings. The summed E-state index contributed by atoms with van der Waals surface area (Å²) < 4.78 is 32.2. The van der Waals surface area contributed by atoms with Gasteiger partial charge in [-0.1, -0.05) is 5.92 Å². The van der Waals surface area contributed by atoms with Crippen molar-refractivity contribution < 1.29 is 18.3 Å². The van der Waals surface area contributed by atoms with Crippen molar-refractivity contribution >= 4 is 6.09 Å². The summed E-state index contributed by atoms with van der Waals surface area (Å²) in [7, 11) is 0. The zero-order chi connectivity index (χ0) is 13.3. The molecule has 94 valence electrons. The number of carbonyl (C=O) groups is 1. The first-order chi connectivity index (χ1) is 7.62. The van der Waals surface area contributed by atoms with Gasteiger partial charge in [0.25, 0.3) is 0 Å². The Hall–Kier alpha value is -1.57. The van der Waals surface area contributed by atoms with Crippen molar-refractivity contribution in [2.75, 3.05) is 0 Å². The first-order valence-electron chi connectivity index (χ1n) is 5.20. The molecule has 1 N–H and O–H groups in total. The second-order valence-electron chi connectivity index (χ2n) is 4.99. The summed E-state index contributed by atoms with van der Waals surface area (Å²) in [6.45, 7) is 6.14. The smallest absolute Gasteiger partial charge is 0.412 e. The summed E-state index contributed by atoms with van der Waals surface area (Å²) in [4.78, 5) is 11.4. The van der Waals surface area contributed by atoms with Crippen molar-refractivity contribution in [2.45, 2.75) is 45.4 Å². The third-order valence-corrected chi connectivity index (χ3v) is 1.99. The largest absolute Gasteiger partial charge is 0.444 e. The molecule has 0 spiro atoms. The highest BCUT2D eigenvalue weighted by molar-refractivity contribution is 5.71. The zero-order valence-electron chi connectivity index (χ0n) is 10.3. The van der Waals surface area contributed by atoms with E-state index < -0.39 is 28.9 Å². The van der Waals surface area contributed by atoms with Gasteiger partial charge in [-0.05, 0) is 33.6 Å². The average Bonchev–Trinajstić information content (AvgIpc) is 2.08. The lowest BCUT2D eigenvalue weighted by Gasteiger charge is -2.26. The van der Waals surface area contributed by atoms with Crippen molar-refractivity contribution in [3.63, 3.8) is 0 Å². The van der Waals surface area contributed by atoms with Gasteiger partial charge in [-0.2, -0.15) is 4.39 Å². The van der Waals surface area contributed by atoms with E-state index in [1.54, 1.807) is 20.8 Å². The lowest BCUT2D eigenvalue weighted by molar-refractivity contribution is 0.0521. The topological polar surface area (TPSA) is 38.3 Å². The number of halogens is 2. The molecule has 1 rings (SSSR count). The van der Waals surface area contributed by atoms with Gasteiger partial charge in [-0.25, -0.2) is 9.18 Å². The van der Waals surface area contributed by atoms with Crippen LogP contribution in [0.25, 0.3) is 0 Å². The van der Waals surface area contributed by atoms with Gasteiger partial charge < -0.3 is 4.74 Å². The van der Waals surface area contributed by atoms with Crippen LogP contribution in [0.4, 0.5) is 13.6 Å². The SMILES string of the molecule is CC(C)(C)OC(=O)NC1=C(F)C#CCC1(C)F. The van der Waals surface area contributed by atoms with E-state index >= 15 is 0 Å². The summed E-state index contributed by atoms with van der Waals surface area (Å²) in [6, 6.07) is 0. The predicted octanol–water partition coefficient (Wildman–Crippen LogP) is 2.83. The standard InChI is InChI=1S/C12H15F2NO2/c1-11(2,3)17-10(16)15-9-8(13)6-5-7-12(9,4)14/h7H2,1-4H3,(H,15,16). The van der Waals surface area contributed by atoms with E-state index in [1.165, 1.54) is 0 Å². The van der Waals surface area contributed by atoms with Crippen LogP contribution in [0, 0.1) is 11.8 Å². The van der Waals surface area contributed by atoms with Gasteiger partial charge in [-0.15, -0.1) is 0 Å². The number of allylic oxidation sites excluding steroid dienone is 2. The maximum Gasteiger partial charge on any atom is 0.412 e. The molecule has 0 bridgehead atoms. The number of alkyl carbamates (subject to hydrolysis) is 1. The summed E-state index contributed by atoms with van der Waals surface area (Å²) in [5, 5.41) is 2.08. The van der Waals surface area contributed by atoms with E-state index in [9.17, 15) is 13.6 Å². The van der Waals surface area contributed by atoms with Crippen LogP contribution in [0.15, 0.2) is 11.5 Å². The maximum absolute atomic E-state index is 13.9. The number of amides is 1. The first-order valence-corrected chi connectivity index (χ1v) is 5.20. The Morgan fingerprint density at radius 3 is 2.59 bits per heavy atom. The molecule has 0 saturated carbocycles. The lowest BCUT2D eigenvalue weighted by atomic mass is 9.96. The van der Waals surface area contributed by atoms with Crippen LogP contribution < -0.4 is 5.32 Å². The maximum atomic E-state index is 13.9. The minimum Gasteiger partial charge on any atom is -0.444 e. The number of hydrogen-bond acceptors (Lipinski definition) is 2. The summed E-state index contributed by atoms with van der Waals surface area (Å²) in [5.74, 6) is 3.47. The molecule has 1 unspecified atom stereocenters. The fourth-order valence-electron chi connectivity index (χ4n) is 1.26. The van der Waals surface area contributed by atoms with Crippen LogP contribution in [0.5, 0.6) is 0 Å². The van der Waals surface area contributed by atoms with E-state index in [4.69, 9.17) is 4.74 Å². The number of hydrogen-bond donors (Lipinski definition) is 1. The molecule has 1 aliphatic carbocycles. The van der Waals surface area contributed by atoms with E-state index in [1.807, 2.05) is 0 Å². The van der Waals surface area contributed by atoms with Crippen molar-refractivity contribution in [2.24, 2.45) is 0 Å². The highest BCUT2D eigenvalue weighted by Crippen LogP contribution is 2.29. The number of ether oxygens (including phenoxy) is 1. The van der Waals surface area contributed by atoms with Crippen LogP contribution in [0.1, 0.15) is 34.1 Å². The molecular formula is C12H15F2NO2. The fraction of sp³-hybridized carbons (Fsp3) is 0.583. The molecule has 1 atom stereocenters. The Bertz CT molecular complexity index is 422. The van der Waals surface area contributed by atoms with Crippen molar-refractivity contribution in [3.8, 4) is 11.8 Å². The van der Waals surface area contributed by atoms with Crippen LogP contribution in [0.2, 0.25) is 0 Å². The van der Waals surface area contributed by atoms with Gasteiger partial charge in [0.15, 0.2) is 11.5 Å². The van der Waals surface area contributed by atoms with Crippen molar-refractivity contribution in [1.82, 2.24) is 5.32 Å². The normalized spacial score (nSPS) is 23.9. The zero-order valence-corrected chi connectivity index (χ0v) is 10.3. The van der Waals surface area contributed by atoms with Gasteiger partial charge in [0.2, 0.25) is 0 Å². The molecule has 0 heterocycles. The molecular weight excluding hydrogens is 228 g/mol. The predicted molar refractivity (Wildman–Crippen MR) is 59.4 cm³/mol. The minimum absolute atomic E-state index is 0.161. The number of rotatable bonds is 1. The first kappa shape index (κ1) is 13.5. The van der Waals surface area contributed by atoms with Gasteiger partial charge in [0.05, 0.1) is 0 Å². The van der Waals surface area contributed by atoms with Crippen molar-refractivity contribution in [3.05, 3.63) is 11.5 Å².